The minimum Gasteiger partial charge on any atom is -0.356 e. The molecule has 0 fully saturated rings. The van der Waals surface area contributed by atoms with Gasteiger partial charge in [0.25, 0.3) is 0 Å². The fraction of sp³-hybridized carbons (Fsp3) is 0.467. The van der Waals surface area contributed by atoms with E-state index in [0.717, 1.165) is 44.0 Å². The predicted molar refractivity (Wildman–Crippen MR) is 96.8 cm³/mol. The standard InChI is InChI=1S/C15H24N4.HI/c1-4-5-8-13-19(3)15(16-2)18-12-10-14-9-6-7-11-17-14;/h4,6-7,9,11H,1,5,8,10,12-13H2,2-3H3,(H,16,18);1H. The Kier molecular flexibility index (Phi) is 11.0. The Morgan fingerprint density at radius 1 is 1.50 bits per heavy atom. The Bertz CT molecular complexity index is 392. The lowest BCUT2D eigenvalue weighted by atomic mass is 10.3. The largest absolute Gasteiger partial charge is 0.356 e. The van der Waals surface area contributed by atoms with E-state index in [1.807, 2.05) is 37.5 Å². The fourth-order valence-electron chi connectivity index (χ4n) is 1.81. The molecule has 112 valence electrons. The topological polar surface area (TPSA) is 40.5 Å². The normalized spacial score (nSPS) is 10.6. The lowest BCUT2D eigenvalue weighted by Crippen LogP contribution is -2.40. The van der Waals surface area contributed by atoms with Crippen molar-refractivity contribution in [3.05, 3.63) is 42.7 Å². The third-order valence-electron chi connectivity index (χ3n) is 2.87. The number of hydrogen-bond donors (Lipinski definition) is 1. The first-order valence-corrected chi connectivity index (χ1v) is 6.70. The summed E-state index contributed by atoms with van der Waals surface area (Å²) in [5.74, 6) is 0.931. The number of pyridine rings is 1. The number of aliphatic imine (C=N–C) groups is 1. The SMILES string of the molecule is C=CCCCN(C)C(=NC)NCCc1ccccn1.I. The van der Waals surface area contributed by atoms with Crippen LogP contribution in [0.5, 0.6) is 0 Å². The summed E-state index contributed by atoms with van der Waals surface area (Å²) in [6.45, 7) is 5.56. The molecule has 0 amide bonds. The van der Waals surface area contributed by atoms with Crippen molar-refractivity contribution >= 4 is 29.9 Å². The maximum atomic E-state index is 4.30. The summed E-state index contributed by atoms with van der Waals surface area (Å²) < 4.78 is 0. The molecule has 0 aliphatic carbocycles. The Hall–Kier alpha value is -1.11. The minimum atomic E-state index is 0. The van der Waals surface area contributed by atoms with Gasteiger partial charge in [-0.2, -0.15) is 0 Å². The number of rotatable bonds is 7. The van der Waals surface area contributed by atoms with E-state index in [0.29, 0.717) is 0 Å². The smallest absolute Gasteiger partial charge is 0.193 e. The average molecular weight is 388 g/mol. The number of nitrogens with one attached hydrogen (secondary N) is 1. The summed E-state index contributed by atoms with van der Waals surface area (Å²) in [7, 11) is 3.87. The third kappa shape index (κ3) is 7.47. The molecule has 0 radical (unpaired) electrons. The highest BCUT2D eigenvalue weighted by Gasteiger charge is 2.04. The van der Waals surface area contributed by atoms with Crippen molar-refractivity contribution in [1.29, 1.82) is 0 Å². The van der Waals surface area contributed by atoms with Crippen molar-refractivity contribution in [3.63, 3.8) is 0 Å². The number of guanidine groups is 1. The zero-order valence-electron chi connectivity index (χ0n) is 12.4. The van der Waals surface area contributed by atoms with E-state index < -0.39 is 0 Å². The van der Waals surface area contributed by atoms with Gasteiger partial charge >= 0.3 is 0 Å². The highest BCUT2D eigenvalue weighted by Crippen LogP contribution is 1.96. The highest BCUT2D eigenvalue weighted by molar-refractivity contribution is 14.0. The highest BCUT2D eigenvalue weighted by atomic mass is 127. The summed E-state index contributed by atoms with van der Waals surface area (Å²) in [6.07, 6.45) is 6.81. The second kappa shape index (κ2) is 11.7. The van der Waals surface area contributed by atoms with Gasteiger partial charge in [-0.25, -0.2) is 0 Å². The Labute approximate surface area is 139 Å². The van der Waals surface area contributed by atoms with Crippen molar-refractivity contribution in [2.45, 2.75) is 19.3 Å². The second-order valence-electron chi connectivity index (χ2n) is 4.40. The van der Waals surface area contributed by atoms with Gasteiger partial charge in [-0.15, -0.1) is 30.6 Å². The zero-order valence-corrected chi connectivity index (χ0v) is 14.7. The van der Waals surface area contributed by atoms with Crippen LogP contribution < -0.4 is 5.32 Å². The molecule has 0 bridgehead atoms. The Morgan fingerprint density at radius 3 is 2.90 bits per heavy atom. The van der Waals surface area contributed by atoms with Crippen LogP contribution in [0.4, 0.5) is 0 Å². The Morgan fingerprint density at radius 2 is 2.30 bits per heavy atom. The molecule has 1 aromatic heterocycles. The number of aromatic nitrogens is 1. The molecule has 0 spiro atoms. The summed E-state index contributed by atoms with van der Waals surface area (Å²) in [4.78, 5) is 10.7. The molecule has 4 nitrogen and oxygen atoms in total. The predicted octanol–water partition coefficient (Wildman–Crippen LogP) is 2.72. The fourth-order valence-corrected chi connectivity index (χ4v) is 1.81. The van der Waals surface area contributed by atoms with Crippen molar-refractivity contribution in [2.24, 2.45) is 4.99 Å². The monoisotopic (exact) mass is 388 g/mol. The lowest BCUT2D eigenvalue weighted by Gasteiger charge is -2.21. The van der Waals surface area contributed by atoms with Crippen molar-refractivity contribution < 1.29 is 0 Å². The van der Waals surface area contributed by atoms with Crippen LogP contribution in [0.3, 0.4) is 0 Å². The van der Waals surface area contributed by atoms with Crippen LogP contribution in [0.25, 0.3) is 0 Å². The molecule has 0 aromatic carbocycles. The maximum Gasteiger partial charge on any atom is 0.193 e. The van der Waals surface area contributed by atoms with Crippen LogP contribution in [-0.2, 0) is 6.42 Å². The Balaban J connectivity index is 0.00000361. The van der Waals surface area contributed by atoms with Gasteiger partial charge in [0.15, 0.2) is 5.96 Å². The molecule has 1 rings (SSSR count). The van der Waals surface area contributed by atoms with Crippen molar-refractivity contribution in [2.75, 3.05) is 27.2 Å². The van der Waals surface area contributed by atoms with Gasteiger partial charge in [0, 0.05) is 45.5 Å². The molecule has 0 saturated carbocycles. The third-order valence-corrected chi connectivity index (χ3v) is 2.87. The molecule has 0 aliphatic rings. The maximum absolute atomic E-state index is 4.30. The molecule has 1 N–H and O–H groups in total. The van der Waals surface area contributed by atoms with Crippen LogP contribution in [0.2, 0.25) is 0 Å². The molecule has 0 aliphatic heterocycles. The molecule has 5 heteroatoms. The number of unbranched alkanes of at least 4 members (excludes halogenated alkanes) is 1. The quantitative estimate of drug-likeness (QED) is 0.257. The minimum absolute atomic E-state index is 0. The van der Waals surface area contributed by atoms with Gasteiger partial charge in [0.1, 0.15) is 0 Å². The van der Waals surface area contributed by atoms with Crippen LogP contribution in [0, 0.1) is 0 Å². The van der Waals surface area contributed by atoms with E-state index in [9.17, 15) is 0 Å². The summed E-state index contributed by atoms with van der Waals surface area (Å²) in [5, 5.41) is 3.35. The second-order valence-corrected chi connectivity index (χ2v) is 4.40. The molecule has 0 unspecified atom stereocenters. The first-order valence-electron chi connectivity index (χ1n) is 6.70. The van der Waals surface area contributed by atoms with Crippen molar-refractivity contribution in [3.8, 4) is 0 Å². The molecule has 0 atom stereocenters. The number of hydrogen-bond acceptors (Lipinski definition) is 2. The van der Waals surface area contributed by atoms with E-state index >= 15 is 0 Å². The lowest BCUT2D eigenvalue weighted by molar-refractivity contribution is 0.470. The average Bonchev–Trinajstić information content (AvgIpc) is 2.45. The van der Waals surface area contributed by atoms with Crippen molar-refractivity contribution in [1.82, 2.24) is 15.2 Å². The molecular weight excluding hydrogens is 363 g/mol. The van der Waals surface area contributed by atoms with Crippen LogP contribution in [0.15, 0.2) is 42.0 Å². The van der Waals surface area contributed by atoms with Gasteiger partial charge < -0.3 is 10.2 Å². The first-order chi connectivity index (χ1) is 9.27. The zero-order chi connectivity index (χ0) is 13.9. The van der Waals surface area contributed by atoms with Gasteiger partial charge in [-0.1, -0.05) is 12.1 Å². The van der Waals surface area contributed by atoms with Gasteiger partial charge in [-0.05, 0) is 25.0 Å². The van der Waals surface area contributed by atoms with Gasteiger partial charge in [0.2, 0.25) is 0 Å². The van der Waals surface area contributed by atoms with E-state index in [2.05, 4.69) is 33.8 Å². The summed E-state index contributed by atoms with van der Waals surface area (Å²) >= 11 is 0. The number of allylic oxidation sites excluding steroid dienone is 1. The summed E-state index contributed by atoms with van der Waals surface area (Å²) in [6, 6.07) is 5.99. The van der Waals surface area contributed by atoms with E-state index in [-0.39, 0.29) is 24.0 Å². The molecule has 0 saturated heterocycles. The van der Waals surface area contributed by atoms with E-state index in [1.165, 1.54) is 0 Å². The van der Waals surface area contributed by atoms with Crippen LogP contribution >= 0.6 is 24.0 Å². The van der Waals surface area contributed by atoms with E-state index in [4.69, 9.17) is 0 Å². The van der Waals surface area contributed by atoms with Gasteiger partial charge in [-0.3, -0.25) is 9.98 Å². The van der Waals surface area contributed by atoms with Crippen LogP contribution in [0.1, 0.15) is 18.5 Å². The number of halogens is 1. The number of nitrogens with zero attached hydrogens (tertiary/aromatic N) is 3. The first kappa shape index (κ1) is 18.9. The molecule has 1 aromatic rings. The van der Waals surface area contributed by atoms with Gasteiger partial charge in [0.05, 0.1) is 0 Å². The molecule has 20 heavy (non-hydrogen) atoms. The van der Waals surface area contributed by atoms with E-state index in [1.54, 1.807) is 0 Å². The summed E-state index contributed by atoms with van der Waals surface area (Å²) in [5.41, 5.74) is 1.10. The molecule has 1 heterocycles. The van der Waals surface area contributed by atoms with Crippen LogP contribution in [-0.4, -0.2) is 43.0 Å². The molecular formula is C15H25IN4.